The highest BCUT2D eigenvalue weighted by Crippen LogP contribution is 2.22. The first-order chi connectivity index (χ1) is 6.84. The van der Waals surface area contributed by atoms with Gasteiger partial charge in [-0.15, -0.1) is 0 Å². The lowest BCUT2D eigenvalue weighted by Gasteiger charge is -2.30. The van der Waals surface area contributed by atoms with Crippen LogP contribution in [0.1, 0.15) is 40.5 Å². The third-order valence-corrected chi connectivity index (χ3v) is 3.03. The van der Waals surface area contributed by atoms with E-state index in [1.54, 1.807) is 0 Å². The zero-order valence-electron chi connectivity index (χ0n) is 9.87. The molecule has 0 aliphatic carbocycles. The summed E-state index contributed by atoms with van der Waals surface area (Å²) in [4.78, 5) is 24.2. The Balaban J connectivity index is 2.59. The van der Waals surface area contributed by atoms with Crippen LogP contribution in [0.15, 0.2) is 0 Å². The maximum Gasteiger partial charge on any atom is 0.417 e. The Morgan fingerprint density at radius 3 is 2.47 bits per heavy atom. The van der Waals surface area contributed by atoms with Gasteiger partial charge in [-0.2, -0.15) is 0 Å². The Kier molecular flexibility index (Phi) is 3.37. The molecule has 0 aromatic heterocycles. The van der Waals surface area contributed by atoms with Crippen LogP contribution < -0.4 is 0 Å². The van der Waals surface area contributed by atoms with Crippen LogP contribution in [-0.2, 0) is 9.53 Å². The van der Waals surface area contributed by atoms with Crippen molar-refractivity contribution in [2.24, 2.45) is 5.92 Å². The van der Waals surface area contributed by atoms with Crippen LogP contribution in [0, 0.1) is 5.92 Å². The molecular formula is C11H19NO3. The molecule has 0 saturated carbocycles. The first-order valence-corrected chi connectivity index (χ1v) is 5.38. The van der Waals surface area contributed by atoms with E-state index in [1.165, 1.54) is 4.90 Å². The second-order valence-electron chi connectivity index (χ2n) is 4.78. The third kappa shape index (κ3) is 2.70. The van der Waals surface area contributed by atoms with Crippen LogP contribution in [-0.4, -0.2) is 29.0 Å². The lowest BCUT2D eigenvalue weighted by Crippen LogP contribution is -2.41. The van der Waals surface area contributed by atoms with Gasteiger partial charge in [0.25, 0.3) is 0 Å². The number of nitrogens with zero attached hydrogens (tertiary/aromatic N) is 1. The zero-order chi connectivity index (χ0) is 11.6. The molecule has 1 aliphatic heterocycles. The molecule has 1 heterocycles. The van der Waals surface area contributed by atoms with Crippen LogP contribution in [0.5, 0.6) is 0 Å². The highest BCUT2D eigenvalue weighted by atomic mass is 16.6. The maximum absolute atomic E-state index is 11.7. The van der Waals surface area contributed by atoms with Gasteiger partial charge < -0.3 is 4.74 Å². The van der Waals surface area contributed by atoms with Gasteiger partial charge in [-0.1, -0.05) is 13.8 Å². The van der Waals surface area contributed by atoms with Crippen LogP contribution in [0.2, 0.25) is 0 Å². The fourth-order valence-corrected chi connectivity index (χ4v) is 1.24. The van der Waals surface area contributed by atoms with E-state index in [0.717, 1.165) is 6.42 Å². The second-order valence-corrected chi connectivity index (χ2v) is 4.78. The molecule has 15 heavy (non-hydrogen) atoms. The number of ether oxygens (including phenoxy) is 1. The minimum Gasteiger partial charge on any atom is -0.443 e. The van der Waals surface area contributed by atoms with E-state index in [1.807, 2.05) is 27.7 Å². The molecule has 86 valence electrons. The van der Waals surface area contributed by atoms with Crippen molar-refractivity contribution in [3.63, 3.8) is 0 Å². The van der Waals surface area contributed by atoms with Crippen LogP contribution in [0.25, 0.3) is 0 Å². The van der Waals surface area contributed by atoms with Crippen molar-refractivity contribution < 1.29 is 14.3 Å². The van der Waals surface area contributed by atoms with E-state index < -0.39 is 11.7 Å². The molecule has 2 amide bonds. The SMILES string of the molecule is CC(C)C(C)(C)OC(=O)N1CCCC1=O. The number of likely N-dealkylation sites (tertiary alicyclic amines) is 1. The van der Waals surface area contributed by atoms with Gasteiger partial charge in [-0.3, -0.25) is 4.79 Å². The summed E-state index contributed by atoms with van der Waals surface area (Å²) in [5.74, 6) is 0.0960. The molecule has 1 rings (SSSR count). The number of imide groups is 1. The van der Waals surface area contributed by atoms with Crippen molar-refractivity contribution >= 4 is 12.0 Å². The van der Waals surface area contributed by atoms with E-state index in [-0.39, 0.29) is 11.8 Å². The average molecular weight is 213 g/mol. The molecule has 1 saturated heterocycles. The van der Waals surface area contributed by atoms with Crippen molar-refractivity contribution in [2.45, 2.75) is 46.1 Å². The predicted molar refractivity (Wildman–Crippen MR) is 56.3 cm³/mol. The quantitative estimate of drug-likeness (QED) is 0.706. The number of hydrogen-bond donors (Lipinski definition) is 0. The summed E-state index contributed by atoms with van der Waals surface area (Å²) in [5.41, 5.74) is -0.528. The van der Waals surface area contributed by atoms with Gasteiger partial charge in [0.05, 0.1) is 0 Å². The van der Waals surface area contributed by atoms with Crippen molar-refractivity contribution in [3.05, 3.63) is 0 Å². The Morgan fingerprint density at radius 2 is 2.07 bits per heavy atom. The molecule has 4 heteroatoms. The first kappa shape index (κ1) is 12.0. The van der Waals surface area contributed by atoms with Gasteiger partial charge in [0.2, 0.25) is 5.91 Å². The Morgan fingerprint density at radius 1 is 1.47 bits per heavy atom. The average Bonchev–Trinajstić information content (AvgIpc) is 2.50. The monoisotopic (exact) mass is 213 g/mol. The van der Waals surface area contributed by atoms with Gasteiger partial charge >= 0.3 is 6.09 Å². The van der Waals surface area contributed by atoms with Crippen LogP contribution >= 0.6 is 0 Å². The van der Waals surface area contributed by atoms with E-state index in [0.29, 0.717) is 13.0 Å². The molecular weight excluding hydrogens is 194 g/mol. The second kappa shape index (κ2) is 4.21. The summed E-state index contributed by atoms with van der Waals surface area (Å²) in [6, 6.07) is 0. The third-order valence-electron chi connectivity index (χ3n) is 3.03. The molecule has 0 unspecified atom stereocenters. The molecule has 1 aliphatic rings. The van der Waals surface area contributed by atoms with E-state index in [9.17, 15) is 9.59 Å². The Labute approximate surface area is 90.6 Å². The summed E-state index contributed by atoms with van der Waals surface area (Å²) in [7, 11) is 0. The van der Waals surface area contributed by atoms with Gasteiger partial charge in [-0.25, -0.2) is 9.69 Å². The normalized spacial score (nSPS) is 17.4. The zero-order valence-corrected chi connectivity index (χ0v) is 9.87. The minimum absolute atomic E-state index is 0.125. The maximum atomic E-state index is 11.7. The standard InChI is InChI=1S/C11H19NO3/c1-8(2)11(3,4)15-10(14)12-7-5-6-9(12)13/h8H,5-7H2,1-4H3. The molecule has 0 atom stereocenters. The largest absolute Gasteiger partial charge is 0.443 e. The van der Waals surface area contributed by atoms with Crippen LogP contribution in [0.4, 0.5) is 4.79 Å². The van der Waals surface area contributed by atoms with Crippen molar-refractivity contribution in [2.75, 3.05) is 6.54 Å². The summed E-state index contributed by atoms with van der Waals surface area (Å²) < 4.78 is 5.32. The fraction of sp³-hybridized carbons (Fsp3) is 0.818. The minimum atomic E-state index is -0.528. The van der Waals surface area contributed by atoms with Gasteiger partial charge in [0.15, 0.2) is 0 Å². The number of rotatable bonds is 2. The number of amides is 2. The lowest BCUT2D eigenvalue weighted by atomic mass is 9.95. The van der Waals surface area contributed by atoms with E-state index >= 15 is 0 Å². The molecule has 0 spiro atoms. The van der Waals surface area contributed by atoms with Gasteiger partial charge in [-0.05, 0) is 26.2 Å². The molecule has 0 aromatic carbocycles. The van der Waals surface area contributed by atoms with Crippen LogP contribution in [0.3, 0.4) is 0 Å². The molecule has 0 bridgehead atoms. The number of carbonyl (C=O) groups is 2. The predicted octanol–water partition coefficient (Wildman–Crippen LogP) is 2.18. The van der Waals surface area contributed by atoms with Crippen molar-refractivity contribution in [3.8, 4) is 0 Å². The van der Waals surface area contributed by atoms with Crippen molar-refractivity contribution in [1.29, 1.82) is 0 Å². The first-order valence-electron chi connectivity index (χ1n) is 5.38. The fourth-order valence-electron chi connectivity index (χ4n) is 1.24. The Hall–Kier alpha value is -1.06. The van der Waals surface area contributed by atoms with Gasteiger partial charge in [0.1, 0.15) is 5.60 Å². The molecule has 0 radical (unpaired) electrons. The lowest BCUT2D eigenvalue weighted by molar-refractivity contribution is -0.127. The summed E-state index contributed by atoms with van der Waals surface area (Å²) >= 11 is 0. The molecule has 4 nitrogen and oxygen atoms in total. The Bertz CT molecular complexity index is 271. The molecule has 0 aromatic rings. The summed E-state index contributed by atoms with van der Waals surface area (Å²) in [6.07, 6.45) is 0.698. The van der Waals surface area contributed by atoms with E-state index in [4.69, 9.17) is 4.74 Å². The molecule has 1 fully saturated rings. The number of hydrogen-bond acceptors (Lipinski definition) is 3. The van der Waals surface area contributed by atoms with E-state index in [2.05, 4.69) is 0 Å². The van der Waals surface area contributed by atoms with Gasteiger partial charge in [0, 0.05) is 13.0 Å². The summed E-state index contributed by atoms with van der Waals surface area (Å²) in [6.45, 7) is 8.18. The highest BCUT2D eigenvalue weighted by Gasteiger charge is 2.33. The summed E-state index contributed by atoms with van der Waals surface area (Å²) in [5, 5.41) is 0. The highest BCUT2D eigenvalue weighted by molar-refractivity contribution is 5.93. The number of carbonyl (C=O) groups excluding carboxylic acids is 2. The molecule has 0 N–H and O–H groups in total. The topological polar surface area (TPSA) is 46.6 Å². The van der Waals surface area contributed by atoms with Crippen molar-refractivity contribution in [1.82, 2.24) is 4.90 Å². The smallest absolute Gasteiger partial charge is 0.417 e.